The second-order valence-corrected chi connectivity index (χ2v) is 4.26. The van der Waals surface area contributed by atoms with Gasteiger partial charge in [-0.3, -0.25) is 4.79 Å². The number of aromatic nitrogens is 1. The fourth-order valence-corrected chi connectivity index (χ4v) is 2.15. The van der Waals surface area contributed by atoms with Crippen molar-refractivity contribution in [1.82, 2.24) is 9.88 Å². The molecule has 1 atom stereocenters. The SMILES string of the molecule is O=C(c1cccnc1F)N1CCC(CCO)C1. The zero-order valence-corrected chi connectivity index (χ0v) is 9.47. The molecule has 1 unspecified atom stereocenters. The van der Waals surface area contributed by atoms with Crippen molar-refractivity contribution in [3.05, 3.63) is 29.8 Å². The topological polar surface area (TPSA) is 53.4 Å². The molecule has 1 saturated heterocycles. The molecule has 17 heavy (non-hydrogen) atoms. The van der Waals surface area contributed by atoms with Crippen LogP contribution in [0.4, 0.5) is 4.39 Å². The van der Waals surface area contributed by atoms with Crippen molar-refractivity contribution in [2.75, 3.05) is 19.7 Å². The first-order valence-corrected chi connectivity index (χ1v) is 5.73. The molecule has 0 radical (unpaired) electrons. The third-order valence-electron chi connectivity index (χ3n) is 3.10. The van der Waals surface area contributed by atoms with Crippen LogP contribution < -0.4 is 0 Å². The minimum atomic E-state index is -0.719. The number of carbonyl (C=O) groups excluding carboxylic acids is 1. The maximum absolute atomic E-state index is 13.3. The Hall–Kier alpha value is -1.49. The molecule has 1 aliphatic rings. The molecule has 1 aliphatic heterocycles. The van der Waals surface area contributed by atoms with E-state index in [4.69, 9.17) is 5.11 Å². The van der Waals surface area contributed by atoms with E-state index in [-0.39, 0.29) is 18.1 Å². The lowest BCUT2D eigenvalue weighted by atomic mass is 10.1. The van der Waals surface area contributed by atoms with Crippen LogP contribution in [0.25, 0.3) is 0 Å². The third-order valence-corrected chi connectivity index (χ3v) is 3.10. The molecule has 4 nitrogen and oxygen atoms in total. The Bertz CT molecular complexity index is 411. The van der Waals surface area contributed by atoms with E-state index >= 15 is 0 Å². The highest BCUT2D eigenvalue weighted by molar-refractivity contribution is 5.94. The van der Waals surface area contributed by atoms with E-state index < -0.39 is 5.95 Å². The Kier molecular flexibility index (Phi) is 3.68. The van der Waals surface area contributed by atoms with E-state index in [1.807, 2.05) is 0 Å². The van der Waals surface area contributed by atoms with Gasteiger partial charge in [-0.1, -0.05) is 0 Å². The number of carbonyl (C=O) groups is 1. The van der Waals surface area contributed by atoms with Crippen LogP contribution >= 0.6 is 0 Å². The van der Waals surface area contributed by atoms with Crippen LogP contribution in [0.15, 0.2) is 18.3 Å². The van der Waals surface area contributed by atoms with Gasteiger partial charge in [-0.25, -0.2) is 4.98 Å². The van der Waals surface area contributed by atoms with Crippen molar-refractivity contribution in [2.45, 2.75) is 12.8 Å². The van der Waals surface area contributed by atoms with Crippen molar-refractivity contribution in [3.8, 4) is 0 Å². The Morgan fingerprint density at radius 1 is 1.65 bits per heavy atom. The van der Waals surface area contributed by atoms with Crippen LogP contribution in [0, 0.1) is 11.9 Å². The molecular formula is C12H15FN2O2. The van der Waals surface area contributed by atoms with Gasteiger partial charge >= 0.3 is 0 Å². The standard InChI is InChI=1S/C12H15FN2O2/c13-11-10(2-1-5-14-11)12(17)15-6-3-9(8-15)4-7-16/h1-2,5,9,16H,3-4,6-8H2. The Morgan fingerprint density at radius 3 is 3.18 bits per heavy atom. The monoisotopic (exact) mass is 238 g/mol. The highest BCUT2D eigenvalue weighted by atomic mass is 19.1. The molecular weight excluding hydrogens is 223 g/mol. The summed E-state index contributed by atoms with van der Waals surface area (Å²) in [4.78, 5) is 17.1. The largest absolute Gasteiger partial charge is 0.396 e. The summed E-state index contributed by atoms with van der Waals surface area (Å²) in [5.74, 6) is -0.706. The van der Waals surface area contributed by atoms with Gasteiger partial charge in [0.1, 0.15) is 0 Å². The smallest absolute Gasteiger partial charge is 0.258 e. The lowest BCUT2D eigenvalue weighted by Crippen LogP contribution is -2.29. The van der Waals surface area contributed by atoms with Crippen molar-refractivity contribution in [2.24, 2.45) is 5.92 Å². The summed E-state index contributed by atoms with van der Waals surface area (Å²) in [7, 11) is 0. The number of hydrogen-bond donors (Lipinski definition) is 1. The Balaban J connectivity index is 2.05. The maximum Gasteiger partial charge on any atom is 0.258 e. The first kappa shape index (κ1) is 12.0. The fraction of sp³-hybridized carbons (Fsp3) is 0.500. The quantitative estimate of drug-likeness (QED) is 0.801. The minimum absolute atomic E-state index is 0.0251. The molecule has 1 amide bonds. The van der Waals surface area contributed by atoms with Crippen LogP contribution in [-0.4, -0.2) is 40.6 Å². The Morgan fingerprint density at radius 2 is 2.47 bits per heavy atom. The van der Waals surface area contributed by atoms with Crippen LogP contribution in [0.1, 0.15) is 23.2 Å². The summed E-state index contributed by atoms with van der Waals surface area (Å²) in [5, 5.41) is 8.84. The van der Waals surface area contributed by atoms with E-state index in [1.54, 1.807) is 11.0 Å². The van der Waals surface area contributed by atoms with Crippen LogP contribution in [0.3, 0.4) is 0 Å². The Labute approximate surface area is 99.1 Å². The number of aliphatic hydroxyl groups excluding tert-OH is 1. The lowest BCUT2D eigenvalue weighted by Gasteiger charge is -2.16. The molecule has 2 heterocycles. The van der Waals surface area contributed by atoms with Gasteiger partial charge in [-0.2, -0.15) is 4.39 Å². The molecule has 1 fully saturated rings. The van der Waals surface area contributed by atoms with Gasteiger partial charge in [-0.05, 0) is 30.9 Å². The second kappa shape index (κ2) is 5.23. The molecule has 0 aliphatic carbocycles. The second-order valence-electron chi connectivity index (χ2n) is 4.26. The van der Waals surface area contributed by atoms with Gasteiger partial charge in [0.2, 0.25) is 5.95 Å². The highest BCUT2D eigenvalue weighted by Crippen LogP contribution is 2.21. The van der Waals surface area contributed by atoms with Crippen LogP contribution in [-0.2, 0) is 0 Å². The van der Waals surface area contributed by atoms with Crippen molar-refractivity contribution >= 4 is 5.91 Å². The van der Waals surface area contributed by atoms with E-state index in [0.29, 0.717) is 25.4 Å². The first-order valence-electron chi connectivity index (χ1n) is 5.73. The molecule has 0 bridgehead atoms. The number of nitrogens with zero attached hydrogens (tertiary/aromatic N) is 2. The van der Waals surface area contributed by atoms with Gasteiger partial charge in [0, 0.05) is 25.9 Å². The van der Waals surface area contributed by atoms with Crippen LogP contribution in [0.5, 0.6) is 0 Å². The molecule has 0 saturated carbocycles. The molecule has 92 valence electrons. The molecule has 0 aromatic carbocycles. The van der Waals surface area contributed by atoms with Gasteiger partial charge in [0.05, 0.1) is 5.56 Å². The van der Waals surface area contributed by atoms with Gasteiger partial charge in [0.25, 0.3) is 5.91 Å². The van der Waals surface area contributed by atoms with Crippen molar-refractivity contribution in [1.29, 1.82) is 0 Å². The average molecular weight is 238 g/mol. The molecule has 1 N–H and O–H groups in total. The zero-order chi connectivity index (χ0) is 12.3. The number of amides is 1. The predicted molar refractivity (Wildman–Crippen MR) is 59.9 cm³/mol. The number of halogens is 1. The third kappa shape index (κ3) is 2.61. The summed E-state index contributed by atoms with van der Waals surface area (Å²) in [6.45, 7) is 1.35. The molecule has 1 aromatic rings. The first-order chi connectivity index (χ1) is 8.22. The van der Waals surface area contributed by atoms with Crippen molar-refractivity contribution in [3.63, 3.8) is 0 Å². The maximum atomic E-state index is 13.3. The number of pyridine rings is 1. The van der Waals surface area contributed by atoms with Gasteiger partial charge in [0.15, 0.2) is 0 Å². The normalized spacial score (nSPS) is 19.6. The predicted octanol–water partition coefficient (Wildman–Crippen LogP) is 1.07. The van der Waals surface area contributed by atoms with E-state index in [1.165, 1.54) is 12.3 Å². The number of rotatable bonds is 3. The summed E-state index contributed by atoms with van der Waals surface area (Å²) in [5.41, 5.74) is 0.0251. The summed E-state index contributed by atoms with van der Waals surface area (Å²) in [6, 6.07) is 3.00. The molecule has 2 rings (SSSR count). The van der Waals surface area contributed by atoms with Crippen LogP contribution in [0.2, 0.25) is 0 Å². The fourth-order valence-electron chi connectivity index (χ4n) is 2.15. The summed E-state index contributed by atoms with van der Waals surface area (Å²) < 4.78 is 13.3. The number of hydrogen-bond acceptors (Lipinski definition) is 3. The van der Waals surface area contributed by atoms with E-state index in [2.05, 4.69) is 4.98 Å². The number of aliphatic hydroxyl groups is 1. The lowest BCUT2D eigenvalue weighted by molar-refractivity contribution is 0.0779. The minimum Gasteiger partial charge on any atom is -0.396 e. The average Bonchev–Trinajstić information content (AvgIpc) is 2.78. The van der Waals surface area contributed by atoms with Gasteiger partial charge < -0.3 is 10.0 Å². The highest BCUT2D eigenvalue weighted by Gasteiger charge is 2.27. The van der Waals surface area contributed by atoms with Crippen molar-refractivity contribution < 1.29 is 14.3 Å². The van der Waals surface area contributed by atoms with E-state index in [0.717, 1.165) is 6.42 Å². The molecule has 1 aromatic heterocycles. The number of likely N-dealkylation sites (tertiary alicyclic amines) is 1. The summed E-state index contributed by atoms with van der Waals surface area (Å²) in [6.07, 6.45) is 2.89. The molecule has 0 spiro atoms. The zero-order valence-electron chi connectivity index (χ0n) is 9.47. The summed E-state index contributed by atoms with van der Waals surface area (Å²) >= 11 is 0. The van der Waals surface area contributed by atoms with Gasteiger partial charge in [-0.15, -0.1) is 0 Å². The van der Waals surface area contributed by atoms with E-state index in [9.17, 15) is 9.18 Å². The molecule has 5 heteroatoms.